The molecular formula is C24H28F3N3O. The first kappa shape index (κ1) is 21.7. The summed E-state index contributed by atoms with van der Waals surface area (Å²) in [4.78, 5) is 17.2. The number of halogens is 3. The van der Waals surface area contributed by atoms with Crippen LogP contribution >= 0.6 is 0 Å². The molecule has 1 fully saturated rings. The van der Waals surface area contributed by atoms with E-state index >= 15 is 0 Å². The number of carbonyl (C=O) groups is 1. The second kappa shape index (κ2) is 9.30. The molecule has 2 aliphatic heterocycles. The maximum absolute atomic E-state index is 12.6. The number of benzene rings is 2. The van der Waals surface area contributed by atoms with Gasteiger partial charge in [-0.25, -0.2) is 0 Å². The predicted molar refractivity (Wildman–Crippen MR) is 115 cm³/mol. The summed E-state index contributed by atoms with van der Waals surface area (Å²) in [7, 11) is 0. The summed E-state index contributed by atoms with van der Waals surface area (Å²) in [6.45, 7) is 4.69. The number of hydrogen-bond donors (Lipinski definition) is 1. The van der Waals surface area contributed by atoms with Crippen LogP contribution in [0.1, 0.15) is 40.7 Å². The van der Waals surface area contributed by atoms with Crippen LogP contribution in [0, 0.1) is 0 Å². The minimum atomic E-state index is -4.39. The highest BCUT2D eigenvalue weighted by atomic mass is 19.4. The van der Waals surface area contributed by atoms with Crippen LogP contribution in [0.5, 0.6) is 0 Å². The van der Waals surface area contributed by atoms with Crippen molar-refractivity contribution in [3.8, 4) is 0 Å². The van der Waals surface area contributed by atoms with Crippen LogP contribution in [-0.2, 0) is 12.6 Å². The topological polar surface area (TPSA) is 35.6 Å². The molecule has 1 atom stereocenters. The molecule has 0 bridgehead atoms. The van der Waals surface area contributed by atoms with Crippen molar-refractivity contribution in [2.24, 2.45) is 0 Å². The number of alkyl halides is 3. The van der Waals surface area contributed by atoms with Gasteiger partial charge in [-0.3, -0.25) is 9.69 Å². The largest absolute Gasteiger partial charge is 0.416 e. The highest BCUT2D eigenvalue weighted by Gasteiger charge is 2.31. The minimum Gasteiger partial charge on any atom is -0.366 e. The molecule has 2 aromatic carbocycles. The lowest BCUT2D eigenvalue weighted by molar-refractivity contribution is -0.137. The lowest BCUT2D eigenvalue weighted by atomic mass is 9.94. The number of unbranched alkanes of at least 4 members (excludes halogenated alkanes) is 1. The van der Waals surface area contributed by atoms with Crippen molar-refractivity contribution in [3.63, 3.8) is 0 Å². The second-order valence-electron chi connectivity index (χ2n) is 8.35. The normalized spacial score (nSPS) is 18.9. The Labute approximate surface area is 181 Å². The Morgan fingerprint density at radius 1 is 1.03 bits per heavy atom. The van der Waals surface area contributed by atoms with Gasteiger partial charge in [0, 0.05) is 43.5 Å². The average molecular weight is 432 g/mol. The number of nitrogens with one attached hydrogen (secondary N) is 1. The Bertz CT molecular complexity index is 898. The van der Waals surface area contributed by atoms with Gasteiger partial charge >= 0.3 is 6.18 Å². The molecule has 4 nitrogen and oxygen atoms in total. The zero-order valence-electron chi connectivity index (χ0n) is 17.5. The summed E-state index contributed by atoms with van der Waals surface area (Å²) in [5.74, 6) is -0.330. The van der Waals surface area contributed by atoms with Gasteiger partial charge in [0.05, 0.1) is 5.56 Å². The zero-order valence-corrected chi connectivity index (χ0v) is 17.5. The fourth-order valence-electron chi connectivity index (χ4n) is 4.59. The molecule has 4 rings (SSSR count). The van der Waals surface area contributed by atoms with E-state index in [1.54, 1.807) is 0 Å². The average Bonchev–Trinajstić information content (AvgIpc) is 2.78. The van der Waals surface area contributed by atoms with Gasteiger partial charge < -0.3 is 10.2 Å². The predicted octanol–water partition coefficient (Wildman–Crippen LogP) is 4.35. The number of nitrogens with zero attached hydrogens (tertiary/aromatic N) is 2. The van der Waals surface area contributed by atoms with Gasteiger partial charge in [-0.15, -0.1) is 0 Å². The Hall–Kier alpha value is -2.54. The number of piperazine rings is 1. The summed E-state index contributed by atoms with van der Waals surface area (Å²) in [6, 6.07) is 13.6. The van der Waals surface area contributed by atoms with E-state index in [0.29, 0.717) is 12.6 Å². The van der Waals surface area contributed by atoms with Crippen LogP contribution in [0.25, 0.3) is 0 Å². The third-order valence-electron chi connectivity index (χ3n) is 6.28. The first-order valence-corrected chi connectivity index (χ1v) is 10.9. The van der Waals surface area contributed by atoms with Crippen molar-refractivity contribution in [2.75, 3.05) is 37.6 Å². The first-order valence-electron chi connectivity index (χ1n) is 10.9. The molecule has 2 heterocycles. The molecule has 1 unspecified atom stereocenters. The smallest absolute Gasteiger partial charge is 0.366 e. The fourth-order valence-corrected chi connectivity index (χ4v) is 4.59. The number of amides is 1. The lowest BCUT2D eigenvalue weighted by Gasteiger charge is -2.46. The molecule has 0 aromatic heterocycles. The molecular weight excluding hydrogens is 403 g/mol. The number of carbonyl (C=O) groups excluding carboxylic acids is 1. The van der Waals surface area contributed by atoms with Gasteiger partial charge in [-0.1, -0.05) is 18.2 Å². The van der Waals surface area contributed by atoms with E-state index in [1.165, 1.54) is 29.8 Å². The highest BCUT2D eigenvalue weighted by Crippen LogP contribution is 2.32. The van der Waals surface area contributed by atoms with Crippen LogP contribution in [0.3, 0.4) is 0 Å². The quantitative estimate of drug-likeness (QED) is 0.691. The number of rotatable bonds is 6. The Balaban J connectivity index is 1.16. The van der Waals surface area contributed by atoms with Crippen molar-refractivity contribution >= 4 is 11.6 Å². The monoisotopic (exact) mass is 431 g/mol. The van der Waals surface area contributed by atoms with E-state index in [2.05, 4.69) is 39.4 Å². The third kappa shape index (κ3) is 5.21. The summed E-state index contributed by atoms with van der Waals surface area (Å²) in [6.07, 6.45) is -0.226. The second-order valence-corrected chi connectivity index (χ2v) is 8.35. The van der Waals surface area contributed by atoms with Gasteiger partial charge in [0.1, 0.15) is 0 Å². The van der Waals surface area contributed by atoms with Gasteiger partial charge in [-0.05, 0) is 68.1 Å². The van der Waals surface area contributed by atoms with Gasteiger partial charge in [-0.2, -0.15) is 13.2 Å². The fraction of sp³-hybridized carbons (Fsp3) is 0.458. The minimum absolute atomic E-state index is 0.252. The number of aryl methyl sites for hydroxylation is 1. The van der Waals surface area contributed by atoms with Crippen LogP contribution in [0.2, 0.25) is 0 Å². The van der Waals surface area contributed by atoms with Crippen LogP contribution in [0.15, 0.2) is 48.5 Å². The molecule has 31 heavy (non-hydrogen) atoms. The number of anilines is 1. The van der Waals surface area contributed by atoms with Gasteiger partial charge in [0.25, 0.3) is 5.91 Å². The molecule has 0 aliphatic carbocycles. The molecule has 1 saturated heterocycles. The Morgan fingerprint density at radius 3 is 2.58 bits per heavy atom. The number of para-hydroxylation sites is 1. The van der Waals surface area contributed by atoms with Crippen LogP contribution in [-0.4, -0.2) is 49.6 Å². The van der Waals surface area contributed by atoms with Gasteiger partial charge in [0.15, 0.2) is 0 Å². The van der Waals surface area contributed by atoms with Crippen LogP contribution < -0.4 is 10.2 Å². The zero-order chi connectivity index (χ0) is 21.8. The maximum atomic E-state index is 12.6. The third-order valence-corrected chi connectivity index (χ3v) is 6.28. The van der Waals surface area contributed by atoms with E-state index in [-0.39, 0.29) is 11.5 Å². The highest BCUT2D eigenvalue weighted by molar-refractivity contribution is 5.94. The molecule has 166 valence electrons. The summed E-state index contributed by atoms with van der Waals surface area (Å²) in [5, 5.41) is 2.80. The summed E-state index contributed by atoms with van der Waals surface area (Å²) in [5.41, 5.74) is 2.35. The van der Waals surface area contributed by atoms with Crippen molar-refractivity contribution < 1.29 is 18.0 Å². The first-order chi connectivity index (χ1) is 14.9. The SMILES string of the molecule is O=C(NCCCCN1CCN2c3ccccc3CCC2C1)c1ccc(C(F)(F)F)cc1. The van der Waals surface area contributed by atoms with Crippen molar-refractivity contribution in [1.82, 2.24) is 10.2 Å². The van der Waals surface area contributed by atoms with E-state index in [9.17, 15) is 18.0 Å². The number of fused-ring (bicyclic) bond motifs is 3. The molecule has 0 radical (unpaired) electrons. The van der Waals surface area contributed by atoms with Crippen molar-refractivity contribution in [1.29, 1.82) is 0 Å². The molecule has 7 heteroatoms. The van der Waals surface area contributed by atoms with Crippen molar-refractivity contribution in [3.05, 3.63) is 65.2 Å². The van der Waals surface area contributed by atoms with Gasteiger partial charge in [0.2, 0.25) is 0 Å². The van der Waals surface area contributed by atoms with Crippen LogP contribution in [0.4, 0.5) is 18.9 Å². The summed E-state index contributed by atoms with van der Waals surface area (Å²) >= 11 is 0. The standard InChI is InChI=1S/C24H28F3N3O/c25-24(26,27)20-10-7-19(8-11-20)23(31)28-13-3-4-14-29-15-16-30-21(17-29)12-9-18-5-1-2-6-22(18)30/h1-2,5-8,10-11,21H,3-4,9,12-17H2,(H,28,31). The molecule has 2 aliphatic rings. The Kier molecular flexibility index (Phi) is 6.51. The Morgan fingerprint density at radius 2 is 1.81 bits per heavy atom. The van der Waals surface area contributed by atoms with E-state index < -0.39 is 11.7 Å². The molecule has 0 spiro atoms. The number of hydrogen-bond acceptors (Lipinski definition) is 3. The molecule has 2 aromatic rings. The summed E-state index contributed by atoms with van der Waals surface area (Å²) < 4.78 is 37.8. The van der Waals surface area contributed by atoms with E-state index in [1.807, 2.05) is 0 Å². The molecule has 1 amide bonds. The molecule has 0 saturated carbocycles. The molecule has 1 N–H and O–H groups in total. The maximum Gasteiger partial charge on any atom is 0.416 e. The lowest BCUT2D eigenvalue weighted by Crippen LogP contribution is -2.55. The van der Waals surface area contributed by atoms with E-state index in [0.717, 1.165) is 57.6 Å². The van der Waals surface area contributed by atoms with E-state index in [4.69, 9.17) is 0 Å². The van der Waals surface area contributed by atoms with Crippen molar-refractivity contribution in [2.45, 2.75) is 37.9 Å².